The third-order valence-electron chi connectivity index (χ3n) is 2.97. The molecule has 0 spiro atoms. The fraction of sp³-hybridized carbons (Fsp3) is 0. The van der Waals surface area contributed by atoms with E-state index in [1.165, 1.54) is 12.1 Å². The van der Waals surface area contributed by atoms with Crippen LogP contribution in [0.4, 0.5) is 5.69 Å². The van der Waals surface area contributed by atoms with Gasteiger partial charge in [0.25, 0.3) is 5.69 Å². The van der Waals surface area contributed by atoms with Crippen molar-refractivity contribution in [2.24, 2.45) is 0 Å². The van der Waals surface area contributed by atoms with Crippen LogP contribution < -0.4 is 0 Å². The summed E-state index contributed by atoms with van der Waals surface area (Å²) in [6.07, 6.45) is 3.79. The quantitative estimate of drug-likeness (QED) is 0.517. The Bertz CT molecular complexity index is 788. The highest BCUT2D eigenvalue weighted by atomic mass is 16.6. The van der Waals surface area contributed by atoms with Gasteiger partial charge in [0.15, 0.2) is 0 Å². The van der Waals surface area contributed by atoms with E-state index in [2.05, 4.69) is 0 Å². The Labute approximate surface area is 115 Å². The summed E-state index contributed by atoms with van der Waals surface area (Å²) in [6.45, 7) is 0. The van der Waals surface area contributed by atoms with E-state index in [-0.39, 0.29) is 5.69 Å². The van der Waals surface area contributed by atoms with Crippen LogP contribution >= 0.6 is 0 Å². The topological polar surface area (TPSA) is 56.3 Å². The van der Waals surface area contributed by atoms with Gasteiger partial charge >= 0.3 is 0 Å². The van der Waals surface area contributed by atoms with Gasteiger partial charge in [0, 0.05) is 11.5 Å². The third-order valence-corrected chi connectivity index (χ3v) is 2.97. The van der Waals surface area contributed by atoms with Gasteiger partial charge in [-0.05, 0) is 23.8 Å². The molecule has 0 atom stereocenters. The molecular weight excluding hydrogens is 254 g/mol. The van der Waals surface area contributed by atoms with Gasteiger partial charge < -0.3 is 4.42 Å². The minimum Gasteiger partial charge on any atom is -0.456 e. The normalized spacial score (nSPS) is 11.2. The minimum absolute atomic E-state index is 0.0328. The number of furan rings is 1. The molecule has 0 saturated heterocycles. The number of nitrogens with zero attached hydrogens (tertiary/aromatic N) is 1. The first-order chi connectivity index (χ1) is 9.72. The molecule has 0 aliphatic rings. The van der Waals surface area contributed by atoms with Crippen molar-refractivity contribution in [1.82, 2.24) is 0 Å². The van der Waals surface area contributed by atoms with E-state index >= 15 is 0 Å². The first kappa shape index (κ1) is 12.2. The Morgan fingerprint density at radius 2 is 1.80 bits per heavy atom. The Morgan fingerprint density at radius 3 is 2.55 bits per heavy atom. The number of nitro benzene ring substituents is 1. The molecule has 4 heteroatoms. The zero-order valence-corrected chi connectivity index (χ0v) is 10.5. The van der Waals surface area contributed by atoms with E-state index in [0.717, 1.165) is 10.9 Å². The number of rotatable bonds is 3. The maximum absolute atomic E-state index is 10.7. The van der Waals surface area contributed by atoms with Crippen LogP contribution in [-0.4, -0.2) is 4.92 Å². The molecule has 20 heavy (non-hydrogen) atoms. The van der Waals surface area contributed by atoms with Crippen LogP contribution in [0, 0.1) is 10.1 Å². The van der Waals surface area contributed by atoms with E-state index in [9.17, 15) is 10.1 Å². The van der Waals surface area contributed by atoms with E-state index in [1.54, 1.807) is 6.07 Å². The molecule has 4 nitrogen and oxygen atoms in total. The first-order valence-corrected chi connectivity index (χ1v) is 6.13. The van der Waals surface area contributed by atoms with Crippen molar-refractivity contribution >= 4 is 28.8 Å². The lowest BCUT2D eigenvalue weighted by molar-refractivity contribution is -0.384. The molecule has 3 aromatic rings. The zero-order valence-electron chi connectivity index (χ0n) is 10.5. The molecule has 0 aliphatic carbocycles. The molecule has 0 unspecified atom stereocenters. The van der Waals surface area contributed by atoms with Crippen molar-refractivity contribution in [1.29, 1.82) is 0 Å². The summed E-state index contributed by atoms with van der Waals surface area (Å²) in [6, 6.07) is 16.3. The summed E-state index contributed by atoms with van der Waals surface area (Å²) < 4.78 is 5.59. The fourth-order valence-electron chi connectivity index (χ4n) is 1.98. The van der Waals surface area contributed by atoms with Crippen molar-refractivity contribution in [2.75, 3.05) is 0 Å². The summed E-state index contributed by atoms with van der Waals surface area (Å²) in [5.41, 5.74) is 1.62. The van der Waals surface area contributed by atoms with Crippen molar-refractivity contribution in [3.8, 4) is 0 Å². The second-order valence-corrected chi connectivity index (χ2v) is 4.37. The lowest BCUT2D eigenvalue weighted by atomic mass is 10.2. The van der Waals surface area contributed by atoms with Crippen LogP contribution in [0.2, 0.25) is 0 Å². The van der Waals surface area contributed by atoms with Gasteiger partial charge in [-0.3, -0.25) is 10.1 Å². The van der Waals surface area contributed by atoms with Gasteiger partial charge in [-0.15, -0.1) is 0 Å². The Kier molecular flexibility index (Phi) is 3.05. The van der Waals surface area contributed by atoms with Crippen LogP contribution in [0.1, 0.15) is 11.3 Å². The van der Waals surface area contributed by atoms with E-state index in [0.29, 0.717) is 11.3 Å². The Balaban J connectivity index is 1.93. The van der Waals surface area contributed by atoms with Gasteiger partial charge in [0.1, 0.15) is 11.3 Å². The van der Waals surface area contributed by atoms with Gasteiger partial charge in [-0.2, -0.15) is 0 Å². The second kappa shape index (κ2) is 5.01. The maximum atomic E-state index is 10.7. The second-order valence-electron chi connectivity index (χ2n) is 4.37. The van der Waals surface area contributed by atoms with Gasteiger partial charge in [0.05, 0.1) is 11.0 Å². The van der Waals surface area contributed by atoms with Crippen molar-refractivity contribution < 1.29 is 9.34 Å². The van der Waals surface area contributed by atoms with Crippen molar-refractivity contribution in [3.63, 3.8) is 0 Å². The van der Waals surface area contributed by atoms with E-state index in [4.69, 9.17) is 4.42 Å². The maximum Gasteiger partial charge on any atom is 0.273 e. The number of fused-ring (bicyclic) bond motifs is 1. The molecule has 0 fully saturated rings. The Hall–Kier alpha value is -2.88. The van der Waals surface area contributed by atoms with Crippen LogP contribution in [0.5, 0.6) is 0 Å². The molecule has 3 rings (SSSR count). The monoisotopic (exact) mass is 265 g/mol. The van der Waals surface area contributed by atoms with E-state index in [1.807, 2.05) is 48.6 Å². The fourth-order valence-corrected chi connectivity index (χ4v) is 1.98. The van der Waals surface area contributed by atoms with Crippen LogP contribution in [0.25, 0.3) is 23.1 Å². The SMILES string of the molecule is O=[N+]([O-])c1ccc2cc(/C=C/c3ccccc3)oc2c1. The molecule has 0 aliphatic heterocycles. The predicted octanol–water partition coefficient (Wildman–Crippen LogP) is 4.51. The number of nitro groups is 1. The highest BCUT2D eigenvalue weighted by Crippen LogP contribution is 2.25. The molecule has 0 radical (unpaired) electrons. The van der Waals surface area contributed by atoms with Crippen LogP contribution in [0.3, 0.4) is 0 Å². The molecule has 0 amide bonds. The molecule has 0 saturated carbocycles. The average molecular weight is 265 g/mol. The third kappa shape index (κ3) is 2.44. The van der Waals surface area contributed by atoms with Gasteiger partial charge in [-0.25, -0.2) is 0 Å². The molecular formula is C16H11NO3. The average Bonchev–Trinajstić information content (AvgIpc) is 2.88. The summed E-state index contributed by atoms with van der Waals surface area (Å²) >= 11 is 0. The first-order valence-electron chi connectivity index (χ1n) is 6.13. The lowest BCUT2D eigenvalue weighted by Gasteiger charge is -1.90. The number of benzene rings is 2. The zero-order chi connectivity index (χ0) is 13.9. The minimum atomic E-state index is -0.429. The van der Waals surface area contributed by atoms with Gasteiger partial charge in [0.2, 0.25) is 0 Å². The molecule has 0 N–H and O–H groups in total. The summed E-state index contributed by atoms with van der Waals surface area (Å²) in [4.78, 5) is 10.3. The van der Waals surface area contributed by atoms with Crippen molar-refractivity contribution in [2.45, 2.75) is 0 Å². The number of hydrogen-bond acceptors (Lipinski definition) is 3. The lowest BCUT2D eigenvalue weighted by Crippen LogP contribution is -1.85. The number of non-ortho nitro benzene ring substituents is 1. The standard InChI is InChI=1S/C16H11NO3/c18-17(19)14-8-7-13-10-15(20-16(13)11-14)9-6-12-4-2-1-3-5-12/h1-11H/b9-6+. The molecule has 98 valence electrons. The Morgan fingerprint density at radius 1 is 1.00 bits per heavy atom. The largest absolute Gasteiger partial charge is 0.456 e. The van der Waals surface area contributed by atoms with E-state index < -0.39 is 4.92 Å². The van der Waals surface area contributed by atoms with Crippen LogP contribution in [-0.2, 0) is 0 Å². The molecule has 2 aromatic carbocycles. The summed E-state index contributed by atoms with van der Waals surface area (Å²) in [5.74, 6) is 0.671. The molecule has 1 heterocycles. The smallest absolute Gasteiger partial charge is 0.273 e. The number of hydrogen-bond donors (Lipinski definition) is 0. The molecule has 1 aromatic heterocycles. The highest BCUT2D eigenvalue weighted by molar-refractivity contribution is 5.83. The highest BCUT2D eigenvalue weighted by Gasteiger charge is 2.09. The predicted molar refractivity (Wildman–Crippen MR) is 78.2 cm³/mol. The van der Waals surface area contributed by atoms with Crippen LogP contribution in [0.15, 0.2) is 59.0 Å². The summed E-state index contributed by atoms with van der Waals surface area (Å²) in [7, 11) is 0. The van der Waals surface area contributed by atoms with Crippen molar-refractivity contribution in [3.05, 3.63) is 76.0 Å². The van der Waals surface area contributed by atoms with Gasteiger partial charge in [-0.1, -0.05) is 36.4 Å². The summed E-state index contributed by atoms with van der Waals surface area (Å²) in [5, 5.41) is 11.6. The molecule has 0 bridgehead atoms.